The molecule has 1 aromatic rings. The molecule has 4 aliphatic rings. The van der Waals surface area contributed by atoms with E-state index >= 15 is 0 Å². The molecule has 5 rings (SSSR count). The van der Waals surface area contributed by atoms with Crippen LogP contribution >= 0.6 is 0 Å². The zero-order valence-electron chi connectivity index (χ0n) is 12.3. The van der Waals surface area contributed by atoms with Crippen molar-refractivity contribution >= 4 is 5.78 Å². The molecule has 2 nitrogen and oxygen atoms in total. The van der Waals surface area contributed by atoms with Crippen molar-refractivity contribution in [3.8, 4) is 5.75 Å². The molecule has 1 aromatic carbocycles. The van der Waals surface area contributed by atoms with Crippen LogP contribution in [0.5, 0.6) is 5.75 Å². The predicted octanol–water partition coefficient (Wildman–Crippen LogP) is 4.09. The van der Waals surface area contributed by atoms with E-state index in [-0.39, 0.29) is 17.5 Å². The number of rotatable bonds is 3. The van der Waals surface area contributed by atoms with E-state index in [4.69, 9.17) is 4.74 Å². The molecule has 0 radical (unpaired) electrons. The number of ketones is 1. The van der Waals surface area contributed by atoms with Gasteiger partial charge in [0.1, 0.15) is 0 Å². The van der Waals surface area contributed by atoms with Crippen molar-refractivity contribution in [2.75, 3.05) is 7.11 Å². The van der Waals surface area contributed by atoms with E-state index < -0.39 is 5.82 Å². The standard InChI is InChI=1S/C18H21FO2/c1-21-16-3-2-12(9-15(16)19)18(20)17-13-5-10-4-11(7-13)8-14(17)6-10/h2-3,9-11,13-14,17H,4-8H2,1H3. The molecule has 0 saturated heterocycles. The Labute approximate surface area is 124 Å². The Morgan fingerprint density at radius 2 is 1.71 bits per heavy atom. The number of methoxy groups -OCH3 is 1. The number of hydrogen-bond acceptors (Lipinski definition) is 2. The maximum absolute atomic E-state index is 13.9. The second kappa shape index (κ2) is 4.82. The van der Waals surface area contributed by atoms with E-state index in [9.17, 15) is 9.18 Å². The molecule has 112 valence electrons. The summed E-state index contributed by atoms with van der Waals surface area (Å²) < 4.78 is 18.8. The lowest BCUT2D eigenvalue weighted by Crippen LogP contribution is -2.48. The molecule has 0 atom stereocenters. The molecule has 4 bridgehead atoms. The van der Waals surface area contributed by atoms with Gasteiger partial charge in [-0.15, -0.1) is 0 Å². The largest absolute Gasteiger partial charge is 0.494 e. The summed E-state index contributed by atoms with van der Waals surface area (Å²) in [4.78, 5) is 12.9. The van der Waals surface area contributed by atoms with E-state index in [1.807, 2.05) is 0 Å². The van der Waals surface area contributed by atoms with Crippen LogP contribution in [0.4, 0.5) is 4.39 Å². The van der Waals surface area contributed by atoms with Crippen molar-refractivity contribution in [3.63, 3.8) is 0 Å². The Morgan fingerprint density at radius 1 is 1.10 bits per heavy atom. The summed E-state index contributed by atoms with van der Waals surface area (Å²) >= 11 is 0. The summed E-state index contributed by atoms with van der Waals surface area (Å²) in [5, 5.41) is 0. The van der Waals surface area contributed by atoms with E-state index in [2.05, 4.69) is 0 Å². The molecule has 0 unspecified atom stereocenters. The minimum absolute atomic E-state index is 0.130. The fourth-order valence-corrected chi connectivity index (χ4v) is 5.37. The van der Waals surface area contributed by atoms with Crippen LogP contribution in [0.2, 0.25) is 0 Å². The SMILES string of the molecule is COc1ccc(C(=O)C2C3CC4CC(C3)CC2C4)cc1F. The first-order valence-corrected chi connectivity index (χ1v) is 8.03. The van der Waals surface area contributed by atoms with Gasteiger partial charge in [0.05, 0.1) is 7.11 Å². The maximum Gasteiger partial charge on any atom is 0.166 e. The summed E-state index contributed by atoms with van der Waals surface area (Å²) in [6, 6.07) is 4.64. The van der Waals surface area contributed by atoms with E-state index in [0.29, 0.717) is 17.4 Å². The Hall–Kier alpha value is -1.38. The Kier molecular flexibility index (Phi) is 3.05. The molecule has 0 aliphatic heterocycles. The highest BCUT2D eigenvalue weighted by Gasteiger charge is 2.50. The smallest absolute Gasteiger partial charge is 0.166 e. The molecule has 0 aromatic heterocycles. The van der Waals surface area contributed by atoms with E-state index in [0.717, 1.165) is 11.8 Å². The molecule has 4 saturated carbocycles. The summed E-state index contributed by atoms with van der Waals surface area (Å²) in [7, 11) is 1.44. The van der Waals surface area contributed by atoms with Crippen LogP contribution < -0.4 is 4.74 Å². The van der Waals surface area contributed by atoms with Gasteiger partial charge >= 0.3 is 0 Å². The first kappa shape index (κ1) is 13.3. The van der Waals surface area contributed by atoms with Crippen molar-refractivity contribution in [1.82, 2.24) is 0 Å². The molecule has 0 amide bonds. The van der Waals surface area contributed by atoms with Crippen LogP contribution in [-0.4, -0.2) is 12.9 Å². The molecule has 4 aliphatic carbocycles. The molecule has 0 spiro atoms. The second-order valence-electron chi connectivity index (χ2n) is 7.17. The first-order chi connectivity index (χ1) is 10.2. The van der Waals surface area contributed by atoms with Gasteiger partial charge in [0.2, 0.25) is 0 Å². The van der Waals surface area contributed by atoms with Crippen molar-refractivity contribution in [1.29, 1.82) is 0 Å². The zero-order valence-corrected chi connectivity index (χ0v) is 12.3. The van der Waals surface area contributed by atoms with Gasteiger partial charge in [-0.2, -0.15) is 0 Å². The maximum atomic E-state index is 13.9. The van der Waals surface area contributed by atoms with Gasteiger partial charge < -0.3 is 4.74 Å². The van der Waals surface area contributed by atoms with E-state index in [1.54, 1.807) is 12.1 Å². The van der Waals surface area contributed by atoms with Crippen molar-refractivity contribution in [3.05, 3.63) is 29.6 Å². The van der Waals surface area contributed by atoms with Gasteiger partial charge in [0.25, 0.3) is 0 Å². The third-order valence-corrected chi connectivity index (χ3v) is 5.97. The highest BCUT2D eigenvalue weighted by molar-refractivity contribution is 5.98. The first-order valence-electron chi connectivity index (χ1n) is 8.03. The topological polar surface area (TPSA) is 26.3 Å². The zero-order chi connectivity index (χ0) is 14.6. The van der Waals surface area contributed by atoms with Crippen LogP contribution in [-0.2, 0) is 0 Å². The number of ether oxygens (including phenoxy) is 1. The minimum atomic E-state index is -0.438. The highest BCUT2D eigenvalue weighted by Crippen LogP contribution is 2.57. The number of carbonyl (C=O) groups is 1. The molecule has 21 heavy (non-hydrogen) atoms. The number of halogens is 1. The molecular weight excluding hydrogens is 267 g/mol. The summed E-state index contributed by atoms with van der Waals surface area (Å²) in [5.74, 6) is 2.84. The fraction of sp³-hybridized carbons (Fsp3) is 0.611. The summed E-state index contributed by atoms with van der Waals surface area (Å²) in [5.41, 5.74) is 0.519. The third-order valence-electron chi connectivity index (χ3n) is 5.97. The molecule has 4 fully saturated rings. The average Bonchev–Trinajstić information content (AvgIpc) is 2.45. The molecule has 0 N–H and O–H groups in total. The van der Waals surface area contributed by atoms with Gasteiger partial charge in [-0.3, -0.25) is 4.79 Å². The van der Waals surface area contributed by atoms with Crippen molar-refractivity contribution in [2.24, 2.45) is 29.6 Å². The van der Waals surface area contributed by atoms with Crippen LogP contribution in [0.1, 0.15) is 42.5 Å². The van der Waals surface area contributed by atoms with Crippen LogP contribution in [0.25, 0.3) is 0 Å². The average molecular weight is 288 g/mol. The van der Waals surface area contributed by atoms with Crippen molar-refractivity contribution in [2.45, 2.75) is 32.1 Å². The lowest BCUT2D eigenvalue weighted by Gasteiger charge is -2.53. The Balaban J connectivity index is 1.61. The third kappa shape index (κ3) is 2.09. The Bertz CT molecular complexity index is 553. The van der Waals surface area contributed by atoms with Gasteiger partial charge in [-0.1, -0.05) is 0 Å². The number of benzene rings is 1. The van der Waals surface area contributed by atoms with E-state index in [1.165, 1.54) is 45.3 Å². The summed E-state index contributed by atoms with van der Waals surface area (Å²) in [6.07, 6.45) is 6.22. The van der Waals surface area contributed by atoms with Gasteiger partial charge in [-0.25, -0.2) is 4.39 Å². The number of carbonyl (C=O) groups excluding carboxylic acids is 1. The van der Waals surface area contributed by atoms with Gasteiger partial charge in [-0.05, 0) is 74.0 Å². The molecular formula is C18H21FO2. The number of hydrogen-bond donors (Lipinski definition) is 0. The highest BCUT2D eigenvalue weighted by atomic mass is 19.1. The minimum Gasteiger partial charge on any atom is -0.494 e. The molecule has 0 heterocycles. The Morgan fingerprint density at radius 3 is 2.24 bits per heavy atom. The monoisotopic (exact) mass is 288 g/mol. The van der Waals surface area contributed by atoms with Crippen LogP contribution in [0.3, 0.4) is 0 Å². The quantitative estimate of drug-likeness (QED) is 0.783. The number of Topliss-reactive ketones (excluding diaryl/α,β-unsaturated/α-hetero) is 1. The second-order valence-corrected chi connectivity index (χ2v) is 7.17. The lowest BCUT2D eigenvalue weighted by atomic mass is 9.51. The normalized spacial score (nSPS) is 36.8. The predicted molar refractivity (Wildman–Crippen MR) is 77.8 cm³/mol. The van der Waals surface area contributed by atoms with Crippen LogP contribution in [0, 0.1) is 35.4 Å². The summed E-state index contributed by atoms with van der Waals surface area (Å²) in [6.45, 7) is 0. The van der Waals surface area contributed by atoms with Crippen LogP contribution in [0.15, 0.2) is 18.2 Å². The molecule has 3 heteroatoms. The van der Waals surface area contributed by atoms with Gasteiger partial charge in [0, 0.05) is 11.5 Å². The van der Waals surface area contributed by atoms with Gasteiger partial charge in [0.15, 0.2) is 17.3 Å². The fourth-order valence-electron chi connectivity index (χ4n) is 5.37. The lowest BCUT2D eigenvalue weighted by molar-refractivity contribution is -0.0251. The van der Waals surface area contributed by atoms with Crippen molar-refractivity contribution < 1.29 is 13.9 Å².